The van der Waals surface area contributed by atoms with Gasteiger partial charge in [0.2, 0.25) is 0 Å². The number of amides is 1. The van der Waals surface area contributed by atoms with E-state index in [2.05, 4.69) is 0 Å². The van der Waals surface area contributed by atoms with Crippen LogP contribution in [0.3, 0.4) is 0 Å². The summed E-state index contributed by atoms with van der Waals surface area (Å²) in [5, 5.41) is 9.20. The molecular formula is C14H19NO4. The van der Waals surface area contributed by atoms with Crippen molar-refractivity contribution in [2.24, 2.45) is 0 Å². The monoisotopic (exact) mass is 265 g/mol. The Morgan fingerprint density at radius 1 is 1.47 bits per heavy atom. The molecule has 0 saturated carbocycles. The number of carbonyl (C=O) groups is 2. The highest BCUT2D eigenvalue weighted by Gasteiger charge is 2.34. The lowest BCUT2D eigenvalue weighted by Gasteiger charge is -2.32. The summed E-state index contributed by atoms with van der Waals surface area (Å²) >= 11 is 0. The van der Waals surface area contributed by atoms with Crippen LogP contribution in [0.5, 0.6) is 0 Å². The van der Waals surface area contributed by atoms with Crippen molar-refractivity contribution in [3.05, 3.63) is 23.2 Å². The molecule has 0 radical (unpaired) electrons. The van der Waals surface area contributed by atoms with E-state index >= 15 is 0 Å². The number of carbonyl (C=O) groups excluding carboxylic acids is 1. The zero-order valence-corrected chi connectivity index (χ0v) is 11.3. The van der Waals surface area contributed by atoms with Crippen molar-refractivity contribution in [1.29, 1.82) is 0 Å². The Bertz CT molecular complexity index is 492. The van der Waals surface area contributed by atoms with Crippen molar-refractivity contribution in [3.8, 4) is 0 Å². The molecule has 2 heterocycles. The number of carboxylic acids is 1. The number of aliphatic carboxylic acids is 1. The Hall–Kier alpha value is -1.78. The Kier molecular flexibility index (Phi) is 3.93. The van der Waals surface area contributed by atoms with Crippen LogP contribution in [0, 0.1) is 6.92 Å². The van der Waals surface area contributed by atoms with Crippen LogP contribution in [0.25, 0.3) is 0 Å². The summed E-state index contributed by atoms with van der Waals surface area (Å²) < 4.78 is 5.52. The molecule has 1 aromatic rings. The van der Waals surface area contributed by atoms with Crippen molar-refractivity contribution in [1.82, 2.24) is 4.90 Å². The fourth-order valence-electron chi connectivity index (χ4n) is 2.50. The van der Waals surface area contributed by atoms with E-state index < -0.39 is 12.0 Å². The van der Waals surface area contributed by atoms with Gasteiger partial charge in [0.05, 0.1) is 0 Å². The van der Waals surface area contributed by atoms with Gasteiger partial charge in [0.25, 0.3) is 5.91 Å². The van der Waals surface area contributed by atoms with Gasteiger partial charge >= 0.3 is 5.97 Å². The maximum Gasteiger partial charge on any atom is 0.326 e. The average molecular weight is 265 g/mol. The van der Waals surface area contributed by atoms with Crippen LogP contribution in [0.15, 0.2) is 10.5 Å². The summed E-state index contributed by atoms with van der Waals surface area (Å²) in [5.74, 6) is -0.202. The highest BCUT2D eigenvalue weighted by molar-refractivity contribution is 5.95. The molecule has 1 atom stereocenters. The largest absolute Gasteiger partial charge is 0.480 e. The normalized spacial score (nSPS) is 19.5. The molecule has 5 nitrogen and oxygen atoms in total. The number of aryl methyl sites for hydroxylation is 2. The SMILES string of the molecule is CCc1cc(C)c(C(=O)N2CCCC[C@H]2C(=O)O)o1. The van der Waals surface area contributed by atoms with E-state index in [0.717, 1.165) is 30.6 Å². The van der Waals surface area contributed by atoms with Crippen molar-refractivity contribution in [2.45, 2.75) is 45.6 Å². The molecule has 0 bridgehead atoms. The topological polar surface area (TPSA) is 70.8 Å². The van der Waals surface area contributed by atoms with Crippen LogP contribution < -0.4 is 0 Å². The van der Waals surface area contributed by atoms with Crippen LogP contribution in [0.4, 0.5) is 0 Å². The van der Waals surface area contributed by atoms with Crippen LogP contribution in [0.1, 0.15) is 48.1 Å². The molecule has 1 aromatic heterocycles. The average Bonchev–Trinajstić information content (AvgIpc) is 2.79. The zero-order chi connectivity index (χ0) is 14.0. The first-order valence-electron chi connectivity index (χ1n) is 6.67. The number of furan rings is 1. The molecule has 1 saturated heterocycles. The molecule has 0 unspecified atom stereocenters. The quantitative estimate of drug-likeness (QED) is 0.909. The lowest BCUT2D eigenvalue weighted by molar-refractivity contribution is -0.143. The van der Waals surface area contributed by atoms with Gasteiger partial charge in [0.15, 0.2) is 5.76 Å². The standard InChI is InChI=1S/C14H19NO4/c1-3-10-8-9(2)12(19-10)13(16)15-7-5-4-6-11(15)14(17)18/h8,11H,3-7H2,1-2H3,(H,17,18)/t11-/m0/s1. The van der Waals surface area contributed by atoms with E-state index in [1.807, 2.05) is 19.9 Å². The van der Waals surface area contributed by atoms with Crippen molar-refractivity contribution in [2.75, 3.05) is 6.54 Å². The zero-order valence-electron chi connectivity index (χ0n) is 11.3. The van der Waals surface area contributed by atoms with E-state index in [9.17, 15) is 14.7 Å². The van der Waals surface area contributed by atoms with Gasteiger partial charge < -0.3 is 14.4 Å². The van der Waals surface area contributed by atoms with E-state index in [-0.39, 0.29) is 11.7 Å². The van der Waals surface area contributed by atoms with Gasteiger partial charge in [0, 0.05) is 18.5 Å². The maximum absolute atomic E-state index is 12.4. The lowest BCUT2D eigenvalue weighted by Crippen LogP contribution is -2.48. The van der Waals surface area contributed by atoms with Crippen LogP contribution in [-0.4, -0.2) is 34.5 Å². The number of piperidine rings is 1. The van der Waals surface area contributed by atoms with Crippen LogP contribution >= 0.6 is 0 Å². The second kappa shape index (κ2) is 5.47. The number of nitrogens with zero attached hydrogens (tertiary/aromatic N) is 1. The van der Waals surface area contributed by atoms with Crippen molar-refractivity contribution >= 4 is 11.9 Å². The van der Waals surface area contributed by atoms with Gasteiger partial charge in [0.1, 0.15) is 11.8 Å². The predicted molar refractivity (Wildman–Crippen MR) is 69.1 cm³/mol. The highest BCUT2D eigenvalue weighted by atomic mass is 16.4. The maximum atomic E-state index is 12.4. The molecule has 2 rings (SSSR count). The Morgan fingerprint density at radius 2 is 2.21 bits per heavy atom. The molecule has 1 amide bonds. The predicted octanol–water partition coefficient (Wildman–Crippen LogP) is 2.23. The second-order valence-corrected chi connectivity index (χ2v) is 4.93. The van der Waals surface area contributed by atoms with Crippen LogP contribution in [0.2, 0.25) is 0 Å². The third kappa shape index (κ3) is 2.64. The lowest BCUT2D eigenvalue weighted by atomic mass is 10.0. The summed E-state index contributed by atoms with van der Waals surface area (Å²) in [6.07, 6.45) is 2.92. The summed E-state index contributed by atoms with van der Waals surface area (Å²) in [6.45, 7) is 4.25. The van der Waals surface area contributed by atoms with E-state index in [4.69, 9.17) is 4.42 Å². The summed E-state index contributed by atoms with van der Waals surface area (Å²) in [4.78, 5) is 25.1. The molecule has 0 aromatic carbocycles. The third-order valence-corrected chi connectivity index (χ3v) is 3.56. The number of carboxylic acid groups (broad SMARTS) is 1. The molecule has 1 fully saturated rings. The minimum Gasteiger partial charge on any atom is -0.480 e. The molecule has 1 aliphatic heterocycles. The molecule has 1 aliphatic rings. The second-order valence-electron chi connectivity index (χ2n) is 4.93. The summed E-state index contributed by atoms with van der Waals surface area (Å²) in [7, 11) is 0. The van der Waals surface area contributed by atoms with E-state index in [0.29, 0.717) is 13.0 Å². The first-order valence-corrected chi connectivity index (χ1v) is 6.67. The molecule has 5 heteroatoms. The Balaban J connectivity index is 2.25. The number of hydrogen-bond acceptors (Lipinski definition) is 3. The van der Waals surface area contributed by atoms with Gasteiger partial charge in [-0.05, 0) is 32.3 Å². The van der Waals surface area contributed by atoms with Crippen LogP contribution in [-0.2, 0) is 11.2 Å². The Morgan fingerprint density at radius 3 is 2.79 bits per heavy atom. The highest BCUT2D eigenvalue weighted by Crippen LogP contribution is 2.23. The van der Waals surface area contributed by atoms with Gasteiger partial charge in [-0.1, -0.05) is 6.92 Å². The van der Waals surface area contributed by atoms with Gasteiger partial charge in [-0.2, -0.15) is 0 Å². The molecule has 104 valence electrons. The molecule has 0 aliphatic carbocycles. The number of hydrogen-bond donors (Lipinski definition) is 1. The van der Waals surface area contributed by atoms with Gasteiger partial charge in [-0.25, -0.2) is 4.79 Å². The molecule has 0 spiro atoms. The third-order valence-electron chi connectivity index (χ3n) is 3.56. The molecular weight excluding hydrogens is 246 g/mol. The van der Waals surface area contributed by atoms with Gasteiger partial charge in [-0.3, -0.25) is 4.79 Å². The first kappa shape index (κ1) is 13.6. The first-order chi connectivity index (χ1) is 9.04. The van der Waals surface area contributed by atoms with E-state index in [1.54, 1.807) is 0 Å². The minimum absolute atomic E-state index is 0.282. The Labute approximate surface area is 112 Å². The fraction of sp³-hybridized carbons (Fsp3) is 0.571. The van der Waals surface area contributed by atoms with Crippen molar-refractivity contribution < 1.29 is 19.1 Å². The number of rotatable bonds is 3. The smallest absolute Gasteiger partial charge is 0.326 e. The van der Waals surface area contributed by atoms with E-state index in [1.165, 1.54) is 4.90 Å². The summed E-state index contributed by atoms with van der Waals surface area (Å²) in [6, 6.07) is 1.11. The van der Waals surface area contributed by atoms with Crippen molar-refractivity contribution in [3.63, 3.8) is 0 Å². The summed E-state index contributed by atoms with van der Waals surface area (Å²) in [5.41, 5.74) is 0.775. The number of likely N-dealkylation sites (tertiary alicyclic amines) is 1. The molecule has 1 N–H and O–H groups in total. The fourth-order valence-corrected chi connectivity index (χ4v) is 2.50. The molecule has 19 heavy (non-hydrogen) atoms. The van der Waals surface area contributed by atoms with Gasteiger partial charge in [-0.15, -0.1) is 0 Å². The minimum atomic E-state index is -0.937.